The van der Waals surface area contributed by atoms with Crippen molar-refractivity contribution < 1.29 is 4.74 Å². The predicted molar refractivity (Wildman–Crippen MR) is 63.0 cm³/mol. The summed E-state index contributed by atoms with van der Waals surface area (Å²) in [6.07, 6.45) is 10.2. The van der Waals surface area contributed by atoms with E-state index >= 15 is 0 Å². The van der Waals surface area contributed by atoms with E-state index in [1.807, 2.05) is 0 Å². The third kappa shape index (κ3) is 2.54. The van der Waals surface area contributed by atoms with Gasteiger partial charge in [0, 0.05) is 19.2 Å². The summed E-state index contributed by atoms with van der Waals surface area (Å²) in [5.41, 5.74) is 0.699. The SMILES string of the molecule is CCOCCNC1CCC12CCCCC2. The minimum atomic E-state index is 0.699. The fraction of sp³-hybridized carbons (Fsp3) is 1.00. The second-order valence-corrected chi connectivity index (χ2v) is 5.17. The molecule has 2 heteroatoms. The first-order chi connectivity index (χ1) is 7.37. The molecular formula is C13H25NO. The minimum absolute atomic E-state index is 0.699. The Morgan fingerprint density at radius 2 is 2.00 bits per heavy atom. The standard InChI is InChI=1S/C13H25NO/c1-2-15-11-10-14-12-6-9-13(12)7-4-3-5-8-13/h12,14H,2-11H2,1H3. The van der Waals surface area contributed by atoms with Crippen molar-refractivity contribution in [2.45, 2.75) is 57.9 Å². The molecule has 1 unspecified atom stereocenters. The molecule has 2 aliphatic carbocycles. The Morgan fingerprint density at radius 3 is 2.60 bits per heavy atom. The second-order valence-electron chi connectivity index (χ2n) is 5.17. The number of hydrogen-bond donors (Lipinski definition) is 1. The summed E-state index contributed by atoms with van der Waals surface area (Å²) in [5, 5.41) is 3.69. The van der Waals surface area contributed by atoms with Crippen LogP contribution in [-0.4, -0.2) is 25.8 Å². The molecule has 2 rings (SSSR count). The van der Waals surface area contributed by atoms with Gasteiger partial charge in [0.15, 0.2) is 0 Å². The van der Waals surface area contributed by atoms with Crippen LogP contribution in [-0.2, 0) is 4.74 Å². The Balaban J connectivity index is 1.69. The molecule has 1 N–H and O–H groups in total. The second kappa shape index (κ2) is 5.31. The number of hydrogen-bond acceptors (Lipinski definition) is 2. The van der Waals surface area contributed by atoms with Crippen LogP contribution in [0.5, 0.6) is 0 Å². The van der Waals surface area contributed by atoms with Gasteiger partial charge in [0.2, 0.25) is 0 Å². The van der Waals surface area contributed by atoms with Crippen LogP contribution in [0.15, 0.2) is 0 Å². The van der Waals surface area contributed by atoms with Gasteiger partial charge in [-0.05, 0) is 38.0 Å². The molecule has 88 valence electrons. The lowest BCUT2D eigenvalue weighted by Gasteiger charge is -2.52. The summed E-state index contributed by atoms with van der Waals surface area (Å²) < 4.78 is 5.37. The van der Waals surface area contributed by atoms with Gasteiger partial charge in [0.1, 0.15) is 0 Å². The molecule has 2 fully saturated rings. The molecule has 0 aliphatic heterocycles. The largest absolute Gasteiger partial charge is 0.380 e. The zero-order valence-electron chi connectivity index (χ0n) is 10.1. The van der Waals surface area contributed by atoms with Gasteiger partial charge in [0.25, 0.3) is 0 Å². The number of rotatable bonds is 5. The van der Waals surface area contributed by atoms with E-state index in [1.165, 1.54) is 44.9 Å². The Morgan fingerprint density at radius 1 is 1.20 bits per heavy atom. The highest BCUT2D eigenvalue weighted by atomic mass is 16.5. The van der Waals surface area contributed by atoms with Gasteiger partial charge >= 0.3 is 0 Å². The predicted octanol–water partition coefficient (Wildman–Crippen LogP) is 2.73. The maximum absolute atomic E-state index is 5.37. The molecule has 0 saturated heterocycles. The molecule has 1 spiro atoms. The van der Waals surface area contributed by atoms with Gasteiger partial charge in [0.05, 0.1) is 6.61 Å². The van der Waals surface area contributed by atoms with Gasteiger partial charge in [-0.15, -0.1) is 0 Å². The van der Waals surface area contributed by atoms with Crippen LogP contribution in [0, 0.1) is 5.41 Å². The van der Waals surface area contributed by atoms with Crippen LogP contribution >= 0.6 is 0 Å². The van der Waals surface area contributed by atoms with Crippen LogP contribution in [0.4, 0.5) is 0 Å². The summed E-state index contributed by atoms with van der Waals surface area (Å²) in [6.45, 7) is 4.83. The molecule has 0 radical (unpaired) electrons. The Bertz CT molecular complexity index is 187. The first-order valence-corrected chi connectivity index (χ1v) is 6.68. The van der Waals surface area contributed by atoms with E-state index in [-0.39, 0.29) is 0 Å². The maximum atomic E-state index is 5.37. The van der Waals surface area contributed by atoms with Crippen molar-refractivity contribution in [3.63, 3.8) is 0 Å². The van der Waals surface area contributed by atoms with Gasteiger partial charge in [-0.3, -0.25) is 0 Å². The van der Waals surface area contributed by atoms with E-state index in [1.54, 1.807) is 0 Å². The Kier molecular flexibility index (Phi) is 4.04. The van der Waals surface area contributed by atoms with Crippen molar-refractivity contribution in [3.8, 4) is 0 Å². The van der Waals surface area contributed by atoms with E-state index in [2.05, 4.69) is 12.2 Å². The van der Waals surface area contributed by atoms with E-state index in [4.69, 9.17) is 4.74 Å². The zero-order valence-corrected chi connectivity index (χ0v) is 10.1. The van der Waals surface area contributed by atoms with Crippen LogP contribution in [0.1, 0.15) is 51.9 Å². The van der Waals surface area contributed by atoms with Crippen molar-refractivity contribution in [2.24, 2.45) is 5.41 Å². The van der Waals surface area contributed by atoms with Crippen LogP contribution < -0.4 is 5.32 Å². The molecule has 2 aliphatic rings. The highest BCUT2D eigenvalue weighted by molar-refractivity contribution is 5.01. The fourth-order valence-electron chi connectivity index (χ4n) is 3.32. The Hall–Kier alpha value is -0.0800. The molecule has 1 atom stereocenters. The fourth-order valence-corrected chi connectivity index (χ4v) is 3.32. The van der Waals surface area contributed by atoms with Crippen molar-refractivity contribution in [2.75, 3.05) is 19.8 Å². The number of nitrogens with one attached hydrogen (secondary N) is 1. The van der Waals surface area contributed by atoms with Crippen LogP contribution in [0.2, 0.25) is 0 Å². The third-order valence-electron chi connectivity index (χ3n) is 4.36. The number of ether oxygens (including phenoxy) is 1. The maximum Gasteiger partial charge on any atom is 0.0590 e. The van der Waals surface area contributed by atoms with Gasteiger partial charge < -0.3 is 10.1 Å². The molecule has 15 heavy (non-hydrogen) atoms. The molecule has 0 aromatic heterocycles. The molecule has 0 amide bonds. The molecule has 0 aromatic rings. The highest BCUT2D eigenvalue weighted by Gasteiger charge is 2.46. The lowest BCUT2D eigenvalue weighted by molar-refractivity contribution is 0.0183. The van der Waals surface area contributed by atoms with E-state index in [9.17, 15) is 0 Å². The summed E-state index contributed by atoms with van der Waals surface area (Å²) in [7, 11) is 0. The minimum Gasteiger partial charge on any atom is -0.380 e. The average molecular weight is 211 g/mol. The van der Waals surface area contributed by atoms with Crippen molar-refractivity contribution >= 4 is 0 Å². The van der Waals surface area contributed by atoms with E-state index in [0.717, 1.165) is 25.8 Å². The summed E-state index contributed by atoms with van der Waals surface area (Å²) in [4.78, 5) is 0. The first kappa shape index (κ1) is 11.4. The molecule has 2 nitrogen and oxygen atoms in total. The highest BCUT2D eigenvalue weighted by Crippen LogP contribution is 2.51. The topological polar surface area (TPSA) is 21.3 Å². The molecule has 0 aromatic carbocycles. The molecule has 2 saturated carbocycles. The molecular weight excluding hydrogens is 186 g/mol. The van der Waals surface area contributed by atoms with Gasteiger partial charge in [-0.25, -0.2) is 0 Å². The first-order valence-electron chi connectivity index (χ1n) is 6.68. The lowest BCUT2D eigenvalue weighted by Crippen LogP contribution is -2.54. The van der Waals surface area contributed by atoms with E-state index in [0.29, 0.717) is 5.41 Å². The van der Waals surface area contributed by atoms with Gasteiger partial charge in [-0.1, -0.05) is 19.3 Å². The normalized spacial score (nSPS) is 29.0. The van der Waals surface area contributed by atoms with Crippen LogP contribution in [0.25, 0.3) is 0 Å². The van der Waals surface area contributed by atoms with Crippen molar-refractivity contribution in [3.05, 3.63) is 0 Å². The van der Waals surface area contributed by atoms with Crippen molar-refractivity contribution in [1.29, 1.82) is 0 Å². The zero-order chi connectivity index (χ0) is 10.6. The van der Waals surface area contributed by atoms with Crippen LogP contribution in [0.3, 0.4) is 0 Å². The Labute approximate surface area is 93.8 Å². The summed E-state index contributed by atoms with van der Waals surface area (Å²) in [5.74, 6) is 0. The summed E-state index contributed by atoms with van der Waals surface area (Å²) in [6, 6.07) is 0.804. The van der Waals surface area contributed by atoms with E-state index < -0.39 is 0 Å². The smallest absolute Gasteiger partial charge is 0.0590 e. The average Bonchev–Trinajstić information content (AvgIpc) is 2.28. The lowest BCUT2D eigenvalue weighted by atomic mass is 9.57. The monoisotopic (exact) mass is 211 g/mol. The quantitative estimate of drug-likeness (QED) is 0.706. The third-order valence-corrected chi connectivity index (χ3v) is 4.36. The van der Waals surface area contributed by atoms with Crippen molar-refractivity contribution in [1.82, 2.24) is 5.32 Å². The summed E-state index contributed by atoms with van der Waals surface area (Å²) >= 11 is 0. The molecule has 0 heterocycles. The van der Waals surface area contributed by atoms with Gasteiger partial charge in [-0.2, -0.15) is 0 Å². The molecule has 0 bridgehead atoms.